The largest absolute Gasteiger partial charge is 0.394 e. The van der Waals surface area contributed by atoms with Crippen molar-refractivity contribution < 1.29 is 10.2 Å². The van der Waals surface area contributed by atoms with Crippen LogP contribution in [-0.4, -0.2) is 60.0 Å². The molecule has 72 valence electrons. The zero-order valence-electron chi connectivity index (χ0n) is 7.53. The Kier molecular flexibility index (Phi) is 3.94. The summed E-state index contributed by atoms with van der Waals surface area (Å²) >= 11 is 0. The van der Waals surface area contributed by atoms with E-state index in [2.05, 4.69) is 17.1 Å². The molecule has 0 amide bonds. The molecule has 0 radical (unpaired) electrons. The lowest BCUT2D eigenvalue weighted by Crippen LogP contribution is -2.52. The van der Waals surface area contributed by atoms with Crippen LogP contribution < -0.4 is 5.32 Å². The van der Waals surface area contributed by atoms with E-state index in [4.69, 9.17) is 5.11 Å². The van der Waals surface area contributed by atoms with Gasteiger partial charge in [-0.2, -0.15) is 0 Å². The zero-order chi connectivity index (χ0) is 8.97. The van der Waals surface area contributed by atoms with Crippen molar-refractivity contribution in [2.45, 2.75) is 19.1 Å². The second-order valence-corrected chi connectivity index (χ2v) is 3.38. The van der Waals surface area contributed by atoms with E-state index in [1.807, 2.05) is 0 Å². The van der Waals surface area contributed by atoms with Crippen molar-refractivity contribution in [1.29, 1.82) is 0 Å². The first kappa shape index (κ1) is 9.92. The van der Waals surface area contributed by atoms with Crippen LogP contribution >= 0.6 is 0 Å². The molecule has 4 nitrogen and oxygen atoms in total. The zero-order valence-corrected chi connectivity index (χ0v) is 7.53. The van der Waals surface area contributed by atoms with Crippen molar-refractivity contribution in [2.24, 2.45) is 0 Å². The molecule has 0 spiro atoms. The van der Waals surface area contributed by atoms with Crippen LogP contribution in [0.15, 0.2) is 0 Å². The Hall–Kier alpha value is -0.160. The van der Waals surface area contributed by atoms with E-state index in [0.717, 1.165) is 19.6 Å². The van der Waals surface area contributed by atoms with Crippen LogP contribution in [0, 0.1) is 0 Å². The standard InChI is InChI=1S/C8H18N2O2/c1-7-4-9-2-3-10(7)5-8(12)6-11/h7-9,11-12H,2-6H2,1H3/t7-,8?/m0/s1. The minimum atomic E-state index is -0.592. The monoisotopic (exact) mass is 174 g/mol. The number of β-amino-alcohol motifs (C(OH)–C–C–N with tert-alkyl or cyclic N) is 1. The molecule has 1 aliphatic rings. The van der Waals surface area contributed by atoms with E-state index in [9.17, 15) is 5.11 Å². The van der Waals surface area contributed by atoms with E-state index in [-0.39, 0.29) is 6.61 Å². The van der Waals surface area contributed by atoms with Crippen LogP contribution in [0.25, 0.3) is 0 Å². The maximum atomic E-state index is 9.22. The lowest BCUT2D eigenvalue weighted by molar-refractivity contribution is 0.0406. The van der Waals surface area contributed by atoms with Gasteiger partial charge in [0, 0.05) is 32.2 Å². The van der Waals surface area contributed by atoms with Crippen molar-refractivity contribution in [2.75, 3.05) is 32.8 Å². The quantitative estimate of drug-likeness (QED) is 0.494. The number of piperazine rings is 1. The molecule has 12 heavy (non-hydrogen) atoms. The Morgan fingerprint density at radius 1 is 1.67 bits per heavy atom. The average molecular weight is 174 g/mol. The molecule has 1 rings (SSSR count). The molecule has 1 fully saturated rings. The molecule has 2 atom stereocenters. The number of hydrogen-bond acceptors (Lipinski definition) is 4. The van der Waals surface area contributed by atoms with Gasteiger partial charge >= 0.3 is 0 Å². The van der Waals surface area contributed by atoms with Crippen molar-refractivity contribution in [1.82, 2.24) is 10.2 Å². The molecule has 1 unspecified atom stereocenters. The molecule has 0 aromatic heterocycles. The van der Waals surface area contributed by atoms with E-state index in [1.165, 1.54) is 0 Å². The van der Waals surface area contributed by atoms with Gasteiger partial charge in [0.15, 0.2) is 0 Å². The van der Waals surface area contributed by atoms with Crippen LogP contribution in [-0.2, 0) is 0 Å². The molecule has 0 saturated carbocycles. The molecule has 0 aromatic carbocycles. The second kappa shape index (κ2) is 4.77. The summed E-state index contributed by atoms with van der Waals surface area (Å²) in [5.74, 6) is 0. The Labute approximate surface area is 73.2 Å². The number of nitrogens with one attached hydrogen (secondary N) is 1. The van der Waals surface area contributed by atoms with Gasteiger partial charge in [0.2, 0.25) is 0 Å². The molecule has 1 saturated heterocycles. The van der Waals surface area contributed by atoms with E-state index >= 15 is 0 Å². The first-order valence-electron chi connectivity index (χ1n) is 4.47. The normalized spacial score (nSPS) is 28.8. The molecule has 3 N–H and O–H groups in total. The highest BCUT2D eigenvalue weighted by Gasteiger charge is 2.19. The SMILES string of the molecule is C[C@H]1CNCCN1CC(O)CO. The van der Waals surface area contributed by atoms with Crippen LogP contribution in [0.2, 0.25) is 0 Å². The van der Waals surface area contributed by atoms with Crippen LogP contribution in [0.1, 0.15) is 6.92 Å². The summed E-state index contributed by atoms with van der Waals surface area (Å²) in [5, 5.41) is 21.1. The fraction of sp³-hybridized carbons (Fsp3) is 1.00. The van der Waals surface area contributed by atoms with Gasteiger partial charge in [0.1, 0.15) is 0 Å². The fourth-order valence-corrected chi connectivity index (χ4v) is 1.48. The summed E-state index contributed by atoms with van der Waals surface area (Å²) in [5.41, 5.74) is 0. The summed E-state index contributed by atoms with van der Waals surface area (Å²) in [6.45, 7) is 5.46. The Morgan fingerprint density at radius 3 is 3.00 bits per heavy atom. The van der Waals surface area contributed by atoms with Crippen molar-refractivity contribution in [3.8, 4) is 0 Å². The van der Waals surface area contributed by atoms with Gasteiger partial charge in [-0.25, -0.2) is 0 Å². The highest BCUT2D eigenvalue weighted by molar-refractivity contribution is 4.77. The molecule has 4 heteroatoms. The highest BCUT2D eigenvalue weighted by Crippen LogP contribution is 2.02. The minimum Gasteiger partial charge on any atom is -0.394 e. The Balaban J connectivity index is 2.28. The van der Waals surface area contributed by atoms with E-state index < -0.39 is 6.10 Å². The van der Waals surface area contributed by atoms with Crippen LogP contribution in [0.3, 0.4) is 0 Å². The molecule has 0 bridgehead atoms. The third-order valence-electron chi connectivity index (χ3n) is 2.29. The highest BCUT2D eigenvalue weighted by atomic mass is 16.3. The van der Waals surface area contributed by atoms with Crippen molar-refractivity contribution in [3.05, 3.63) is 0 Å². The maximum Gasteiger partial charge on any atom is 0.0897 e. The summed E-state index contributed by atoms with van der Waals surface area (Å²) < 4.78 is 0. The number of nitrogens with zero attached hydrogens (tertiary/aromatic N) is 1. The average Bonchev–Trinajstić information content (AvgIpc) is 2.09. The summed E-state index contributed by atoms with van der Waals surface area (Å²) in [6, 6.07) is 0.458. The smallest absolute Gasteiger partial charge is 0.0897 e. The Morgan fingerprint density at radius 2 is 2.42 bits per heavy atom. The molecular formula is C8H18N2O2. The summed E-state index contributed by atoms with van der Waals surface area (Å²) in [7, 11) is 0. The molecule has 1 aliphatic heterocycles. The topological polar surface area (TPSA) is 55.7 Å². The summed E-state index contributed by atoms with van der Waals surface area (Å²) in [6.07, 6.45) is -0.592. The third-order valence-corrected chi connectivity index (χ3v) is 2.29. The van der Waals surface area contributed by atoms with Gasteiger partial charge in [-0.15, -0.1) is 0 Å². The number of hydrogen-bond donors (Lipinski definition) is 3. The van der Waals surface area contributed by atoms with Gasteiger partial charge < -0.3 is 15.5 Å². The predicted molar refractivity (Wildman–Crippen MR) is 47.0 cm³/mol. The molecule has 1 heterocycles. The van der Waals surface area contributed by atoms with Gasteiger partial charge in [0.25, 0.3) is 0 Å². The minimum absolute atomic E-state index is 0.142. The summed E-state index contributed by atoms with van der Waals surface area (Å²) in [4.78, 5) is 2.19. The third kappa shape index (κ3) is 2.71. The van der Waals surface area contributed by atoms with Crippen LogP contribution in [0.4, 0.5) is 0 Å². The first-order chi connectivity index (χ1) is 5.74. The van der Waals surface area contributed by atoms with Gasteiger partial charge in [-0.1, -0.05) is 0 Å². The van der Waals surface area contributed by atoms with Gasteiger partial charge in [-0.05, 0) is 6.92 Å². The number of aliphatic hydroxyl groups excluding tert-OH is 2. The molecular weight excluding hydrogens is 156 g/mol. The van der Waals surface area contributed by atoms with Crippen molar-refractivity contribution >= 4 is 0 Å². The van der Waals surface area contributed by atoms with Gasteiger partial charge in [0.05, 0.1) is 12.7 Å². The predicted octanol–water partition coefficient (Wildman–Crippen LogP) is -1.37. The van der Waals surface area contributed by atoms with E-state index in [1.54, 1.807) is 0 Å². The second-order valence-electron chi connectivity index (χ2n) is 3.38. The van der Waals surface area contributed by atoms with Crippen LogP contribution in [0.5, 0.6) is 0 Å². The number of aliphatic hydroxyl groups is 2. The lowest BCUT2D eigenvalue weighted by atomic mass is 10.2. The van der Waals surface area contributed by atoms with Crippen molar-refractivity contribution in [3.63, 3.8) is 0 Å². The molecule has 0 aromatic rings. The Bertz CT molecular complexity index is 132. The number of rotatable bonds is 3. The van der Waals surface area contributed by atoms with E-state index in [0.29, 0.717) is 12.6 Å². The molecule has 0 aliphatic carbocycles. The fourth-order valence-electron chi connectivity index (χ4n) is 1.48. The maximum absolute atomic E-state index is 9.22. The lowest BCUT2D eigenvalue weighted by Gasteiger charge is -2.34. The first-order valence-corrected chi connectivity index (χ1v) is 4.47. The van der Waals surface area contributed by atoms with Gasteiger partial charge in [-0.3, -0.25) is 4.90 Å².